The Morgan fingerprint density at radius 2 is 1.97 bits per heavy atom. The Balaban J connectivity index is 1.68. The van der Waals surface area contributed by atoms with E-state index in [2.05, 4.69) is 48.1 Å². The van der Waals surface area contributed by atoms with Gasteiger partial charge in [0, 0.05) is 28.9 Å². The molecule has 0 saturated heterocycles. The average molecular weight is 436 g/mol. The molecular weight excluding hydrogens is 410 g/mol. The van der Waals surface area contributed by atoms with Gasteiger partial charge in [0.25, 0.3) is 5.56 Å². The molecule has 1 N–H and O–H groups in total. The Morgan fingerprint density at radius 1 is 1.19 bits per heavy atom. The monoisotopic (exact) mass is 435 g/mol. The van der Waals surface area contributed by atoms with Gasteiger partial charge in [-0.3, -0.25) is 14.2 Å². The van der Waals surface area contributed by atoms with Crippen molar-refractivity contribution in [1.29, 1.82) is 0 Å². The first-order valence-electron chi connectivity index (χ1n) is 10.4. The van der Waals surface area contributed by atoms with Crippen LogP contribution >= 0.6 is 11.3 Å². The van der Waals surface area contributed by atoms with Gasteiger partial charge in [0.05, 0.1) is 24.9 Å². The summed E-state index contributed by atoms with van der Waals surface area (Å²) < 4.78 is 6.95. The number of hydrogen-bond donors (Lipinski definition) is 1. The van der Waals surface area contributed by atoms with Crippen LogP contribution in [0.4, 0.5) is 0 Å². The van der Waals surface area contributed by atoms with Gasteiger partial charge in [-0.1, -0.05) is 45.0 Å². The number of nitrogens with one attached hydrogen (secondary N) is 1. The number of aromatic amines is 1. The predicted octanol–water partition coefficient (Wildman–Crippen LogP) is 4.77. The summed E-state index contributed by atoms with van der Waals surface area (Å²) in [6.45, 7) is 7.01. The van der Waals surface area contributed by atoms with Gasteiger partial charge in [-0.15, -0.1) is 11.3 Å². The maximum absolute atomic E-state index is 13.3. The third-order valence-corrected chi connectivity index (χ3v) is 6.07. The van der Waals surface area contributed by atoms with E-state index < -0.39 is 0 Å². The number of nitrogens with zero attached hydrogens (tertiary/aromatic N) is 2. The van der Waals surface area contributed by atoms with Crippen LogP contribution in [0.25, 0.3) is 21.3 Å². The number of fused-ring (bicyclic) bond motifs is 1. The topological polar surface area (TPSA) is 77.0 Å². The Morgan fingerprint density at radius 3 is 2.65 bits per heavy atom. The number of benzene rings is 1. The van der Waals surface area contributed by atoms with Crippen molar-refractivity contribution in [2.24, 2.45) is 0 Å². The Labute approximate surface area is 184 Å². The summed E-state index contributed by atoms with van der Waals surface area (Å²) in [5.74, 6) is 0.740. The standard InChI is InChI=1S/C24H25N3O3S/c1-4-9-30-21-11-25-18(10-20(21)28)12-27-14-26-23-22(24(27)29)19(13-31-23)17-7-5-16(6-8-17)15(2)3/h5-8,10-11,13-15H,4,9,12H2,1-3H3,(H,25,28). The van der Waals surface area contributed by atoms with Crippen LogP contribution in [0.5, 0.6) is 5.75 Å². The van der Waals surface area contributed by atoms with Crippen LogP contribution < -0.4 is 15.7 Å². The molecule has 0 bridgehead atoms. The van der Waals surface area contributed by atoms with Crippen molar-refractivity contribution in [3.05, 3.63) is 80.1 Å². The zero-order valence-electron chi connectivity index (χ0n) is 17.8. The normalized spacial score (nSPS) is 11.4. The van der Waals surface area contributed by atoms with Gasteiger partial charge in [-0.2, -0.15) is 0 Å². The van der Waals surface area contributed by atoms with Crippen LogP contribution in [0.3, 0.4) is 0 Å². The number of thiophene rings is 1. The summed E-state index contributed by atoms with van der Waals surface area (Å²) in [6, 6.07) is 9.79. The fourth-order valence-corrected chi connectivity index (χ4v) is 4.35. The van der Waals surface area contributed by atoms with Crippen molar-refractivity contribution in [3.8, 4) is 16.9 Å². The second-order valence-corrected chi connectivity index (χ2v) is 8.68. The molecular formula is C24H25N3O3S. The molecule has 6 nitrogen and oxygen atoms in total. The minimum absolute atomic E-state index is 0.124. The molecule has 0 fully saturated rings. The van der Waals surface area contributed by atoms with Crippen molar-refractivity contribution in [2.75, 3.05) is 6.61 Å². The Bertz CT molecular complexity index is 1320. The van der Waals surface area contributed by atoms with Gasteiger partial charge in [0.1, 0.15) is 4.83 Å². The highest BCUT2D eigenvalue weighted by molar-refractivity contribution is 7.17. The molecule has 0 radical (unpaired) electrons. The highest BCUT2D eigenvalue weighted by Gasteiger charge is 2.14. The molecule has 0 aliphatic heterocycles. The maximum Gasteiger partial charge on any atom is 0.263 e. The van der Waals surface area contributed by atoms with Crippen molar-refractivity contribution in [3.63, 3.8) is 0 Å². The molecule has 0 aliphatic carbocycles. The minimum Gasteiger partial charge on any atom is -0.488 e. The number of pyridine rings is 1. The fourth-order valence-electron chi connectivity index (χ4n) is 3.44. The van der Waals surface area contributed by atoms with Gasteiger partial charge in [0.15, 0.2) is 5.75 Å². The first-order chi connectivity index (χ1) is 15.0. The Kier molecular flexibility index (Phi) is 6.04. The van der Waals surface area contributed by atoms with Gasteiger partial charge < -0.3 is 9.72 Å². The van der Waals surface area contributed by atoms with Crippen molar-refractivity contribution >= 4 is 21.6 Å². The molecule has 3 heterocycles. The van der Waals surface area contributed by atoms with E-state index in [9.17, 15) is 9.59 Å². The van der Waals surface area contributed by atoms with Gasteiger partial charge in [0.2, 0.25) is 5.43 Å². The number of ether oxygens (including phenoxy) is 1. The first kappa shape index (κ1) is 21.1. The van der Waals surface area contributed by atoms with Crippen molar-refractivity contribution in [1.82, 2.24) is 14.5 Å². The molecule has 0 atom stereocenters. The zero-order chi connectivity index (χ0) is 22.0. The SMILES string of the molecule is CCCOc1c[nH]c(Cn2cnc3scc(-c4ccc(C(C)C)cc4)c3c2=O)cc1=O. The van der Waals surface area contributed by atoms with E-state index in [0.717, 1.165) is 17.5 Å². The maximum atomic E-state index is 13.3. The number of aromatic nitrogens is 3. The highest BCUT2D eigenvalue weighted by Crippen LogP contribution is 2.31. The van der Waals surface area contributed by atoms with Gasteiger partial charge >= 0.3 is 0 Å². The molecule has 0 aliphatic rings. The lowest BCUT2D eigenvalue weighted by atomic mass is 9.99. The number of rotatable bonds is 7. The molecule has 0 amide bonds. The van der Waals surface area contributed by atoms with Crippen LogP contribution in [0.2, 0.25) is 0 Å². The summed E-state index contributed by atoms with van der Waals surface area (Å²) in [4.78, 5) is 33.8. The second kappa shape index (κ2) is 8.89. The van der Waals surface area contributed by atoms with Crippen molar-refractivity contribution < 1.29 is 4.74 Å². The van der Waals surface area contributed by atoms with Crippen LogP contribution in [0, 0.1) is 0 Å². The lowest BCUT2D eigenvalue weighted by Crippen LogP contribution is -2.22. The van der Waals surface area contributed by atoms with E-state index in [4.69, 9.17) is 4.74 Å². The first-order valence-corrected chi connectivity index (χ1v) is 11.3. The molecule has 0 spiro atoms. The molecule has 1 aromatic carbocycles. The van der Waals surface area contributed by atoms with Gasteiger partial charge in [-0.25, -0.2) is 4.98 Å². The van der Waals surface area contributed by atoms with Crippen LogP contribution in [-0.2, 0) is 6.54 Å². The fraction of sp³-hybridized carbons (Fsp3) is 0.292. The van der Waals surface area contributed by atoms with E-state index >= 15 is 0 Å². The molecule has 160 valence electrons. The van der Waals surface area contributed by atoms with Crippen LogP contribution in [0.15, 0.2) is 57.8 Å². The second-order valence-electron chi connectivity index (χ2n) is 7.82. The van der Waals surface area contributed by atoms with Crippen LogP contribution in [-0.4, -0.2) is 21.1 Å². The number of H-pyrrole nitrogens is 1. The molecule has 31 heavy (non-hydrogen) atoms. The molecule has 7 heteroatoms. The third kappa shape index (κ3) is 4.32. The molecule has 3 aromatic heterocycles. The predicted molar refractivity (Wildman–Crippen MR) is 125 cm³/mol. The van der Waals surface area contributed by atoms with E-state index in [1.165, 1.54) is 33.9 Å². The minimum atomic E-state index is -0.203. The lowest BCUT2D eigenvalue weighted by molar-refractivity contribution is 0.313. The van der Waals surface area contributed by atoms with E-state index in [-0.39, 0.29) is 23.3 Å². The molecule has 4 rings (SSSR count). The summed E-state index contributed by atoms with van der Waals surface area (Å²) >= 11 is 1.46. The van der Waals surface area contributed by atoms with E-state index in [1.807, 2.05) is 12.3 Å². The summed E-state index contributed by atoms with van der Waals surface area (Å²) in [5.41, 5.74) is 3.44. The van der Waals surface area contributed by atoms with Crippen LogP contribution in [0.1, 0.15) is 44.4 Å². The Hall–Kier alpha value is -3.19. The molecule has 0 saturated carbocycles. The number of hydrogen-bond acceptors (Lipinski definition) is 5. The zero-order valence-corrected chi connectivity index (χ0v) is 18.7. The van der Waals surface area contributed by atoms with Crippen molar-refractivity contribution in [2.45, 2.75) is 39.7 Å². The van der Waals surface area contributed by atoms with E-state index in [0.29, 0.717) is 28.4 Å². The lowest BCUT2D eigenvalue weighted by Gasteiger charge is -2.09. The summed E-state index contributed by atoms with van der Waals surface area (Å²) in [7, 11) is 0. The largest absolute Gasteiger partial charge is 0.488 e. The molecule has 0 unspecified atom stereocenters. The highest BCUT2D eigenvalue weighted by atomic mass is 32.1. The summed E-state index contributed by atoms with van der Waals surface area (Å²) in [5, 5.41) is 2.59. The van der Waals surface area contributed by atoms with Gasteiger partial charge in [-0.05, 0) is 23.5 Å². The molecule has 4 aromatic rings. The quantitative estimate of drug-likeness (QED) is 0.453. The van der Waals surface area contributed by atoms with E-state index in [1.54, 1.807) is 6.20 Å². The summed E-state index contributed by atoms with van der Waals surface area (Å²) in [6.07, 6.45) is 3.91. The third-order valence-electron chi connectivity index (χ3n) is 5.19. The smallest absolute Gasteiger partial charge is 0.263 e. The average Bonchev–Trinajstić information content (AvgIpc) is 3.20.